The summed E-state index contributed by atoms with van der Waals surface area (Å²) in [6.45, 7) is 1.11. The number of aromatic hydroxyl groups is 1. The third-order valence-electron chi connectivity index (χ3n) is 6.80. The number of benzene rings is 1. The van der Waals surface area contributed by atoms with E-state index in [0.29, 0.717) is 13.0 Å². The number of allylic oxidation sites excluding steroid dienone is 2. The summed E-state index contributed by atoms with van der Waals surface area (Å²) in [7, 11) is 1.94. The first kappa shape index (κ1) is 19.9. The van der Waals surface area contributed by atoms with E-state index in [1.807, 2.05) is 25.2 Å². The minimum atomic E-state index is -0.557. The topological polar surface area (TPSA) is 94.1 Å². The van der Waals surface area contributed by atoms with Crippen molar-refractivity contribution in [3.63, 3.8) is 0 Å². The van der Waals surface area contributed by atoms with Crippen molar-refractivity contribution in [3.8, 4) is 5.88 Å². The Kier molecular flexibility index (Phi) is 5.06. The maximum Gasteiger partial charge on any atom is 0.331 e. The molecule has 3 N–H and O–H groups in total. The van der Waals surface area contributed by atoms with Gasteiger partial charge >= 0.3 is 5.69 Å². The molecule has 3 aromatic rings. The summed E-state index contributed by atoms with van der Waals surface area (Å²) in [6, 6.07) is 7.64. The lowest BCUT2D eigenvalue weighted by Gasteiger charge is -2.33. The Morgan fingerprint density at radius 3 is 2.77 bits per heavy atom. The molecule has 3 heterocycles. The van der Waals surface area contributed by atoms with Gasteiger partial charge in [-0.15, -0.1) is 0 Å². The number of para-hydroxylation sites is 1. The van der Waals surface area contributed by atoms with Crippen LogP contribution in [0.5, 0.6) is 5.88 Å². The average Bonchev–Trinajstić information content (AvgIpc) is 3.14. The molecule has 0 bridgehead atoms. The zero-order chi connectivity index (χ0) is 21.5. The second-order valence-electron chi connectivity index (χ2n) is 8.70. The highest BCUT2D eigenvalue weighted by molar-refractivity contribution is 5.85. The fourth-order valence-corrected chi connectivity index (χ4v) is 5.14. The first-order valence-corrected chi connectivity index (χ1v) is 11.1. The highest BCUT2D eigenvalue weighted by atomic mass is 16.3. The number of aromatic nitrogens is 3. The molecule has 5 rings (SSSR count). The van der Waals surface area contributed by atoms with Crippen LogP contribution in [-0.4, -0.2) is 38.1 Å². The van der Waals surface area contributed by atoms with Crippen molar-refractivity contribution in [1.82, 2.24) is 19.4 Å². The van der Waals surface area contributed by atoms with Crippen LogP contribution in [0.25, 0.3) is 10.9 Å². The highest BCUT2D eigenvalue weighted by Gasteiger charge is 2.34. The molecule has 0 fully saturated rings. The van der Waals surface area contributed by atoms with E-state index >= 15 is 0 Å². The number of likely N-dealkylation sites (N-methyl/N-ethyl adjacent to an activating group) is 1. The van der Waals surface area contributed by atoms with Crippen LogP contribution in [0.2, 0.25) is 0 Å². The van der Waals surface area contributed by atoms with Gasteiger partial charge in [0, 0.05) is 29.7 Å². The van der Waals surface area contributed by atoms with Gasteiger partial charge in [0.2, 0.25) is 5.88 Å². The average molecular weight is 421 g/mol. The molecule has 0 radical (unpaired) electrons. The molecular weight excluding hydrogens is 392 g/mol. The smallest absolute Gasteiger partial charge is 0.331 e. The molecule has 1 atom stereocenters. The molecule has 2 aliphatic rings. The Bertz CT molecular complexity index is 1280. The third kappa shape index (κ3) is 3.43. The summed E-state index contributed by atoms with van der Waals surface area (Å²) in [4.78, 5) is 33.4. The van der Waals surface area contributed by atoms with Gasteiger partial charge in [-0.3, -0.25) is 19.2 Å². The Morgan fingerprint density at radius 2 is 1.97 bits per heavy atom. The highest BCUT2D eigenvalue weighted by Crippen LogP contribution is 2.38. The molecule has 0 amide bonds. The van der Waals surface area contributed by atoms with E-state index < -0.39 is 17.3 Å². The normalized spacial score (nSPS) is 19.4. The standard InChI is InChI=1S/C24H28N4O3/c1-27-13-12-17-16-9-5-6-10-18(16)25-20(17)21(27)19-22(29)26-24(31)28(23(19)30)14-11-15-7-3-2-4-8-15/h5-7,9-10,21,25,30H,2-4,8,11-14H2,1H3,(H,26,29,31)/t21-/m0/s1. The van der Waals surface area contributed by atoms with Gasteiger partial charge in [0.05, 0.1) is 6.04 Å². The molecule has 0 spiro atoms. The fraction of sp³-hybridized carbons (Fsp3) is 0.417. The number of H-pyrrole nitrogens is 2. The summed E-state index contributed by atoms with van der Waals surface area (Å²) in [5.41, 5.74) is 3.56. The Labute approximate surface area is 180 Å². The first-order valence-electron chi connectivity index (χ1n) is 11.1. The van der Waals surface area contributed by atoms with Crippen molar-refractivity contribution in [2.45, 2.75) is 51.1 Å². The number of fused-ring (bicyclic) bond motifs is 3. The van der Waals surface area contributed by atoms with Crippen molar-refractivity contribution in [2.75, 3.05) is 13.6 Å². The van der Waals surface area contributed by atoms with Crippen molar-refractivity contribution >= 4 is 10.9 Å². The summed E-state index contributed by atoms with van der Waals surface area (Å²) in [6.07, 6.45) is 8.29. The zero-order valence-corrected chi connectivity index (χ0v) is 17.8. The summed E-state index contributed by atoms with van der Waals surface area (Å²) >= 11 is 0. The van der Waals surface area contributed by atoms with Gasteiger partial charge in [0.25, 0.3) is 5.56 Å². The molecule has 0 saturated heterocycles. The van der Waals surface area contributed by atoms with Crippen molar-refractivity contribution in [2.24, 2.45) is 0 Å². The van der Waals surface area contributed by atoms with Gasteiger partial charge in [-0.1, -0.05) is 29.8 Å². The van der Waals surface area contributed by atoms with Crippen LogP contribution in [0, 0.1) is 0 Å². The van der Waals surface area contributed by atoms with Crippen molar-refractivity contribution < 1.29 is 5.11 Å². The van der Waals surface area contributed by atoms with Crippen LogP contribution in [-0.2, 0) is 13.0 Å². The van der Waals surface area contributed by atoms with Crippen molar-refractivity contribution in [1.29, 1.82) is 0 Å². The number of nitrogens with one attached hydrogen (secondary N) is 2. The molecule has 162 valence electrons. The number of nitrogens with zero attached hydrogens (tertiary/aromatic N) is 2. The minimum absolute atomic E-state index is 0.228. The van der Waals surface area contributed by atoms with Crippen LogP contribution < -0.4 is 11.2 Å². The summed E-state index contributed by atoms with van der Waals surface area (Å²) in [5.74, 6) is -0.228. The van der Waals surface area contributed by atoms with E-state index in [2.05, 4.69) is 27.0 Å². The molecule has 1 aliphatic carbocycles. The molecule has 31 heavy (non-hydrogen) atoms. The quantitative estimate of drug-likeness (QED) is 0.565. The van der Waals surface area contributed by atoms with E-state index in [4.69, 9.17) is 0 Å². The van der Waals surface area contributed by atoms with Gasteiger partial charge in [-0.05, 0) is 57.2 Å². The zero-order valence-electron chi connectivity index (χ0n) is 17.8. The number of rotatable bonds is 4. The fourth-order valence-electron chi connectivity index (χ4n) is 5.14. The monoisotopic (exact) mass is 420 g/mol. The Morgan fingerprint density at radius 1 is 1.13 bits per heavy atom. The van der Waals surface area contributed by atoms with Gasteiger partial charge < -0.3 is 10.1 Å². The Balaban J connectivity index is 1.59. The SMILES string of the molecule is CN1CCc2c([nH]c3ccccc23)[C@@H]1c1c(O)n(CCC2=CCCCC2)c(=O)[nH]c1=O. The molecular formula is C24H28N4O3. The van der Waals surface area contributed by atoms with Crippen LogP contribution in [0.1, 0.15) is 55.0 Å². The lowest BCUT2D eigenvalue weighted by Crippen LogP contribution is -2.40. The van der Waals surface area contributed by atoms with Crippen LogP contribution in [0.4, 0.5) is 0 Å². The largest absolute Gasteiger partial charge is 0.494 e. The van der Waals surface area contributed by atoms with E-state index in [1.165, 1.54) is 28.5 Å². The van der Waals surface area contributed by atoms with Gasteiger partial charge in [-0.25, -0.2) is 4.79 Å². The minimum Gasteiger partial charge on any atom is -0.494 e. The van der Waals surface area contributed by atoms with E-state index in [9.17, 15) is 14.7 Å². The second-order valence-corrected chi connectivity index (χ2v) is 8.70. The van der Waals surface area contributed by atoms with Gasteiger partial charge in [0.15, 0.2) is 0 Å². The summed E-state index contributed by atoms with van der Waals surface area (Å²) < 4.78 is 1.32. The maximum absolute atomic E-state index is 12.9. The van der Waals surface area contributed by atoms with E-state index in [1.54, 1.807) is 0 Å². The molecule has 0 saturated carbocycles. The maximum atomic E-state index is 12.9. The molecule has 0 unspecified atom stereocenters. The molecule has 1 aromatic carbocycles. The second kappa shape index (κ2) is 7.89. The van der Waals surface area contributed by atoms with E-state index in [0.717, 1.165) is 42.4 Å². The number of hydrogen-bond donors (Lipinski definition) is 3. The predicted molar refractivity (Wildman–Crippen MR) is 121 cm³/mol. The third-order valence-corrected chi connectivity index (χ3v) is 6.80. The lowest BCUT2D eigenvalue weighted by atomic mass is 9.93. The molecule has 7 nitrogen and oxygen atoms in total. The van der Waals surface area contributed by atoms with Crippen LogP contribution >= 0.6 is 0 Å². The van der Waals surface area contributed by atoms with E-state index in [-0.39, 0.29) is 11.4 Å². The lowest BCUT2D eigenvalue weighted by molar-refractivity contribution is 0.250. The molecule has 1 aliphatic heterocycles. The molecule has 2 aromatic heterocycles. The predicted octanol–water partition coefficient (Wildman–Crippen LogP) is 3.19. The first-order chi connectivity index (χ1) is 15.0. The molecule has 7 heteroatoms. The van der Waals surface area contributed by atoms with Crippen LogP contribution in [0.15, 0.2) is 45.5 Å². The summed E-state index contributed by atoms with van der Waals surface area (Å²) in [5, 5.41) is 12.3. The van der Waals surface area contributed by atoms with Gasteiger partial charge in [0.1, 0.15) is 5.56 Å². The Hall–Kier alpha value is -3.06. The van der Waals surface area contributed by atoms with Gasteiger partial charge in [-0.2, -0.15) is 0 Å². The number of hydrogen-bond acceptors (Lipinski definition) is 4. The van der Waals surface area contributed by atoms with Crippen molar-refractivity contribution in [3.05, 3.63) is 73.6 Å². The number of aromatic amines is 2. The van der Waals surface area contributed by atoms with Crippen LogP contribution in [0.3, 0.4) is 0 Å².